The SMILES string of the molecule is Cc1cc(Cl)ccc1N=C1NC(=O)/C(=C/c2cn(Cc3ccc(Cl)cc3Cl)c3ccccc23)S1. The van der Waals surface area contributed by atoms with Gasteiger partial charge in [0, 0.05) is 44.3 Å². The van der Waals surface area contributed by atoms with Gasteiger partial charge in [0.05, 0.1) is 10.6 Å². The number of amides is 1. The van der Waals surface area contributed by atoms with E-state index in [4.69, 9.17) is 34.8 Å². The van der Waals surface area contributed by atoms with Gasteiger partial charge in [0.15, 0.2) is 5.17 Å². The Balaban J connectivity index is 1.48. The number of carbonyl (C=O) groups is 1. The maximum Gasteiger partial charge on any atom is 0.264 e. The van der Waals surface area contributed by atoms with E-state index in [1.807, 2.05) is 61.7 Å². The standard InChI is InChI=1S/C26H18Cl3N3OS/c1-15-10-18(27)8-9-22(15)30-26-31-25(33)24(34-26)11-17-14-32(23-5-3-2-4-20(17)23)13-16-6-7-19(28)12-21(16)29/h2-12,14H,13H2,1H3,(H,30,31,33)/b24-11-. The van der Waals surface area contributed by atoms with Crippen LogP contribution < -0.4 is 5.32 Å². The van der Waals surface area contributed by atoms with Crippen molar-refractivity contribution in [2.75, 3.05) is 0 Å². The Morgan fingerprint density at radius 3 is 2.59 bits per heavy atom. The van der Waals surface area contributed by atoms with Crippen molar-refractivity contribution < 1.29 is 4.79 Å². The number of aliphatic imine (C=N–C) groups is 1. The highest BCUT2D eigenvalue weighted by atomic mass is 35.5. The van der Waals surface area contributed by atoms with Gasteiger partial charge in [-0.1, -0.05) is 59.1 Å². The minimum Gasteiger partial charge on any atom is -0.342 e. The second-order valence-electron chi connectivity index (χ2n) is 7.88. The number of thioether (sulfide) groups is 1. The number of rotatable bonds is 4. The summed E-state index contributed by atoms with van der Waals surface area (Å²) in [6.07, 6.45) is 3.94. The van der Waals surface area contributed by atoms with E-state index in [2.05, 4.69) is 20.9 Å². The number of halogens is 3. The van der Waals surface area contributed by atoms with E-state index in [0.29, 0.717) is 31.7 Å². The van der Waals surface area contributed by atoms with Crippen LogP contribution in [0.25, 0.3) is 17.0 Å². The Morgan fingerprint density at radius 1 is 1.03 bits per heavy atom. The Bertz CT molecular complexity index is 1510. The van der Waals surface area contributed by atoms with E-state index in [9.17, 15) is 4.79 Å². The minimum absolute atomic E-state index is 0.173. The average molecular weight is 527 g/mol. The van der Waals surface area contributed by atoms with Gasteiger partial charge >= 0.3 is 0 Å². The number of hydrogen-bond acceptors (Lipinski definition) is 3. The largest absolute Gasteiger partial charge is 0.342 e. The molecular formula is C26H18Cl3N3OS. The number of para-hydroxylation sites is 1. The Morgan fingerprint density at radius 2 is 1.79 bits per heavy atom. The van der Waals surface area contributed by atoms with Crippen molar-refractivity contribution in [2.45, 2.75) is 13.5 Å². The third-order valence-corrected chi connectivity index (χ3v) is 7.23. The molecule has 0 bridgehead atoms. The molecule has 0 spiro atoms. The van der Waals surface area contributed by atoms with Gasteiger partial charge in [-0.3, -0.25) is 4.79 Å². The highest BCUT2D eigenvalue weighted by Gasteiger charge is 2.24. The second-order valence-corrected chi connectivity index (χ2v) is 10.2. The van der Waals surface area contributed by atoms with Gasteiger partial charge in [0.2, 0.25) is 0 Å². The van der Waals surface area contributed by atoms with Crippen LogP contribution in [0.5, 0.6) is 0 Å². The van der Waals surface area contributed by atoms with Crippen LogP contribution in [0.15, 0.2) is 76.8 Å². The van der Waals surface area contributed by atoms with E-state index >= 15 is 0 Å². The molecule has 1 saturated heterocycles. The van der Waals surface area contributed by atoms with Gasteiger partial charge < -0.3 is 9.88 Å². The molecular weight excluding hydrogens is 509 g/mol. The molecule has 0 radical (unpaired) electrons. The number of nitrogens with zero attached hydrogens (tertiary/aromatic N) is 2. The molecule has 1 amide bonds. The van der Waals surface area contributed by atoms with E-state index in [-0.39, 0.29) is 5.91 Å². The fourth-order valence-electron chi connectivity index (χ4n) is 3.83. The first-order chi connectivity index (χ1) is 16.4. The predicted octanol–water partition coefficient (Wildman–Crippen LogP) is 7.85. The number of amidine groups is 1. The molecule has 8 heteroatoms. The Hall–Kier alpha value is -2.70. The summed E-state index contributed by atoms with van der Waals surface area (Å²) in [4.78, 5) is 17.9. The van der Waals surface area contributed by atoms with Crippen molar-refractivity contribution >= 4 is 80.3 Å². The molecule has 1 aliphatic heterocycles. The molecule has 0 unspecified atom stereocenters. The zero-order chi connectivity index (χ0) is 23.8. The lowest BCUT2D eigenvalue weighted by molar-refractivity contribution is -0.115. The maximum absolute atomic E-state index is 12.7. The number of fused-ring (bicyclic) bond motifs is 1. The molecule has 34 heavy (non-hydrogen) atoms. The van der Waals surface area contributed by atoms with Crippen LogP contribution in [0.4, 0.5) is 5.69 Å². The third-order valence-electron chi connectivity index (χ3n) is 5.49. The third kappa shape index (κ3) is 4.75. The zero-order valence-electron chi connectivity index (χ0n) is 18.0. The molecule has 0 atom stereocenters. The van der Waals surface area contributed by atoms with E-state index < -0.39 is 0 Å². The fourth-order valence-corrected chi connectivity index (χ4v) is 5.35. The van der Waals surface area contributed by atoms with Crippen LogP contribution in [0.3, 0.4) is 0 Å². The Labute approximate surface area is 216 Å². The van der Waals surface area contributed by atoms with Crippen molar-refractivity contribution in [1.82, 2.24) is 9.88 Å². The van der Waals surface area contributed by atoms with Crippen molar-refractivity contribution in [3.05, 3.63) is 104 Å². The first-order valence-electron chi connectivity index (χ1n) is 10.4. The van der Waals surface area contributed by atoms with Gasteiger partial charge in [-0.15, -0.1) is 0 Å². The highest BCUT2D eigenvalue weighted by Crippen LogP contribution is 2.33. The van der Waals surface area contributed by atoms with Crippen molar-refractivity contribution in [1.29, 1.82) is 0 Å². The average Bonchev–Trinajstić information content (AvgIpc) is 3.32. The molecule has 0 aliphatic carbocycles. The summed E-state index contributed by atoms with van der Waals surface area (Å²) in [7, 11) is 0. The van der Waals surface area contributed by atoms with Crippen LogP contribution in [-0.4, -0.2) is 15.6 Å². The number of benzene rings is 3. The first kappa shape index (κ1) is 23.1. The summed E-state index contributed by atoms with van der Waals surface area (Å²) in [6, 6.07) is 19.1. The van der Waals surface area contributed by atoms with Crippen LogP contribution in [0.1, 0.15) is 16.7 Å². The van der Waals surface area contributed by atoms with Gasteiger partial charge in [0.1, 0.15) is 0 Å². The molecule has 1 aliphatic rings. The lowest BCUT2D eigenvalue weighted by atomic mass is 10.1. The molecule has 4 nitrogen and oxygen atoms in total. The highest BCUT2D eigenvalue weighted by molar-refractivity contribution is 8.18. The lowest BCUT2D eigenvalue weighted by Gasteiger charge is -2.08. The summed E-state index contributed by atoms with van der Waals surface area (Å²) in [6.45, 7) is 2.52. The normalized spacial score (nSPS) is 16.1. The van der Waals surface area contributed by atoms with Crippen LogP contribution >= 0.6 is 46.6 Å². The quantitative estimate of drug-likeness (QED) is 0.275. The van der Waals surface area contributed by atoms with E-state index in [1.54, 1.807) is 12.1 Å². The number of aromatic nitrogens is 1. The summed E-state index contributed by atoms with van der Waals surface area (Å²) < 4.78 is 2.13. The van der Waals surface area contributed by atoms with Crippen LogP contribution in [0.2, 0.25) is 15.1 Å². The predicted molar refractivity (Wildman–Crippen MR) is 144 cm³/mol. The fraction of sp³-hybridized carbons (Fsp3) is 0.0769. The van der Waals surface area contributed by atoms with Crippen LogP contribution in [-0.2, 0) is 11.3 Å². The first-order valence-corrected chi connectivity index (χ1v) is 12.4. The summed E-state index contributed by atoms with van der Waals surface area (Å²) in [5.41, 5.74) is 4.67. The topological polar surface area (TPSA) is 46.4 Å². The van der Waals surface area contributed by atoms with Gasteiger partial charge in [-0.05, 0) is 72.3 Å². The minimum atomic E-state index is -0.173. The number of nitrogens with one attached hydrogen (secondary N) is 1. The second kappa shape index (κ2) is 9.51. The lowest BCUT2D eigenvalue weighted by Crippen LogP contribution is -2.19. The Kier molecular flexibility index (Phi) is 6.45. The van der Waals surface area contributed by atoms with Gasteiger partial charge in [-0.2, -0.15) is 0 Å². The van der Waals surface area contributed by atoms with Crippen molar-refractivity contribution in [3.8, 4) is 0 Å². The molecule has 5 rings (SSSR count). The van der Waals surface area contributed by atoms with Gasteiger partial charge in [-0.25, -0.2) is 4.99 Å². The number of hydrogen-bond donors (Lipinski definition) is 1. The van der Waals surface area contributed by atoms with E-state index in [1.165, 1.54) is 11.8 Å². The molecule has 1 N–H and O–H groups in total. The molecule has 0 saturated carbocycles. The maximum atomic E-state index is 12.7. The summed E-state index contributed by atoms with van der Waals surface area (Å²) >= 11 is 19.8. The smallest absolute Gasteiger partial charge is 0.264 e. The summed E-state index contributed by atoms with van der Waals surface area (Å²) in [5, 5.41) is 6.32. The van der Waals surface area contributed by atoms with E-state index in [0.717, 1.165) is 33.3 Å². The van der Waals surface area contributed by atoms with Gasteiger partial charge in [0.25, 0.3) is 5.91 Å². The van der Waals surface area contributed by atoms with Crippen molar-refractivity contribution in [3.63, 3.8) is 0 Å². The molecule has 1 fully saturated rings. The zero-order valence-corrected chi connectivity index (χ0v) is 21.1. The molecule has 3 aromatic carbocycles. The number of aryl methyl sites for hydroxylation is 1. The molecule has 1 aromatic heterocycles. The summed E-state index contributed by atoms with van der Waals surface area (Å²) in [5.74, 6) is -0.173. The van der Waals surface area contributed by atoms with Crippen molar-refractivity contribution in [2.24, 2.45) is 4.99 Å². The monoisotopic (exact) mass is 525 g/mol. The molecule has 170 valence electrons. The molecule has 4 aromatic rings. The number of carbonyl (C=O) groups excluding carboxylic acids is 1. The molecule has 2 heterocycles. The van der Waals surface area contributed by atoms with Crippen LogP contribution in [0, 0.1) is 6.92 Å².